The first-order valence-corrected chi connectivity index (χ1v) is 6.70. The summed E-state index contributed by atoms with van der Waals surface area (Å²) in [4.78, 5) is 13.6. The summed E-state index contributed by atoms with van der Waals surface area (Å²) in [6.07, 6.45) is 3.24. The van der Waals surface area contributed by atoms with E-state index >= 15 is 0 Å². The molecule has 2 rings (SSSR count). The van der Waals surface area contributed by atoms with Crippen molar-refractivity contribution in [2.45, 2.75) is 6.92 Å². The number of carbonyl (C=O) groups excluding carboxylic acids is 1. The van der Waals surface area contributed by atoms with E-state index in [1.807, 2.05) is 12.1 Å². The fraction of sp³-hybridized carbons (Fsp3) is 0.400. The van der Waals surface area contributed by atoms with Crippen LogP contribution < -0.4 is 10.2 Å². The van der Waals surface area contributed by atoms with Gasteiger partial charge in [-0.05, 0) is 30.7 Å². The number of ether oxygens (including phenoxy) is 1. The Bertz CT molecular complexity index is 434. The molecule has 1 aliphatic heterocycles. The molecule has 102 valence electrons. The summed E-state index contributed by atoms with van der Waals surface area (Å²) in [6, 6.07) is 8.23. The Balaban J connectivity index is 1.96. The van der Waals surface area contributed by atoms with Crippen molar-refractivity contribution in [3.8, 4) is 0 Å². The number of esters is 1. The van der Waals surface area contributed by atoms with E-state index in [1.165, 1.54) is 11.8 Å². The van der Waals surface area contributed by atoms with Gasteiger partial charge in [0.2, 0.25) is 0 Å². The second-order valence-corrected chi connectivity index (χ2v) is 4.41. The molecule has 4 nitrogen and oxygen atoms in total. The maximum atomic E-state index is 11.2. The summed E-state index contributed by atoms with van der Waals surface area (Å²) < 4.78 is 4.84. The monoisotopic (exact) mass is 260 g/mol. The SMILES string of the molecule is CCOC(=O)C=Cc1ccc(N2CCNCC2)cc1. The van der Waals surface area contributed by atoms with Crippen LogP contribution >= 0.6 is 0 Å². The molecule has 1 aromatic carbocycles. The zero-order chi connectivity index (χ0) is 13.5. The molecule has 1 fully saturated rings. The van der Waals surface area contributed by atoms with Gasteiger partial charge in [-0.2, -0.15) is 0 Å². The van der Waals surface area contributed by atoms with Crippen molar-refractivity contribution >= 4 is 17.7 Å². The van der Waals surface area contributed by atoms with Crippen molar-refractivity contribution in [1.29, 1.82) is 0 Å². The zero-order valence-electron chi connectivity index (χ0n) is 11.3. The molecular formula is C15H20N2O2. The molecule has 1 N–H and O–H groups in total. The van der Waals surface area contributed by atoms with Crippen LogP contribution in [0.25, 0.3) is 6.08 Å². The average Bonchev–Trinajstić information content (AvgIpc) is 2.47. The molecule has 1 saturated heterocycles. The Kier molecular flexibility index (Phi) is 4.98. The third-order valence-corrected chi connectivity index (χ3v) is 3.07. The Morgan fingerprint density at radius 1 is 1.32 bits per heavy atom. The molecule has 4 heteroatoms. The minimum Gasteiger partial charge on any atom is -0.463 e. The third-order valence-electron chi connectivity index (χ3n) is 3.07. The molecule has 0 saturated carbocycles. The molecule has 0 atom stereocenters. The third kappa shape index (κ3) is 4.10. The van der Waals surface area contributed by atoms with E-state index in [4.69, 9.17) is 4.74 Å². The molecule has 0 spiro atoms. The van der Waals surface area contributed by atoms with Crippen LogP contribution in [0, 0.1) is 0 Å². The molecule has 19 heavy (non-hydrogen) atoms. The standard InChI is InChI=1S/C15H20N2O2/c1-2-19-15(18)8-5-13-3-6-14(7-4-13)17-11-9-16-10-12-17/h3-8,16H,2,9-12H2,1H3. The van der Waals surface area contributed by atoms with Crippen molar-refractivity contribution in [1.82, 2.24) is 5.32 Å². The normalized spacial score (nSPS) is 15.7. The number of rotatable bonds is 4. The number of hydrogen-bond donors (Lipinski definition) is 1. The highest BCUT2D eigenvalue weighted by Gasteiger charge is 2.09. The molecular weight excluding hydrogens is 240 g/mol. The number of benzene rings is 1. The molecule has 0 amide bonds. The van der Waals surface area contributed by atoms with E-state index in [0.717, 1.165) is 31.7 Å². The number of nitrogens with zero attached hydrogens (tertiary/aromatic N) is 1. The van der Waals surface area contributed by atoms with Gasteiger partial charge in [-0.3, -0.25) is 0 Å². The van der Waals surface area contributed by atoms with E-state index in [9.17, 15) is 4.79 Å². The smallest absolute Gasteiger partial charge is 0.330 e. The van der Waals surface area contributed by atoms with Gasteiger partial charge >= 0.3 is 5.97 Å². The Morgan fingerprint density at radius 3 is 2.63 bits per heavy atom. The van der Waals surface area contributed by atoms with Crippen molar-refractivity contribution in [3.05, 3.63) is 35.9 Å². The van der Waals surface area contributed by atoms with Crippen LogP contribution in [0.3, 0.4) is 0 Å². The van der Waals surface area contributed by atoms with E-state index in [0.29, 0.717) is 6.61 Å². The summed E-state index contributed by atoms with van der Waals surface area (Å²) in [6.45, 7) is 6.35. The quantitative estimate of drug-likeness (QED) is 0.660. The highest BCUT2D eigenvalue weighted by Crippen LogP contribution is 2.16. The first kappa shape index (κ1) is 13.6. The maximum Gasteiger partial charge on any atom is 0.330 e. The van der Waals surface area contributed by atoms with Gasteiger partial charge in [-0.15, -0.1) is 0 Å². The second kappa shape index (κ2) is 6.95. The van der Waals surface area contributed by atoms with Crippen LogP contribution in [0.4, 0.5) is 5.69 Å². The summed E-state index contributed by atoms with van der Waals surface area (Å²) in [7, 11) is 0. The molecule has 0 bridgehead atoms. The zero-order valence-corrected chi connectivity index (χ0v) is 11.3. The van der Waals surface area contributed by atoms with Gasteiger partial charge in [-0.1, -0.05) is 12.1 Å². The van der Waals surface area contributed by atoms with Crippen molar-refractivity contribution in [2.24, 2.45) is 0 Å². The van der Waals surface area contributed by atoms with Crippen LogP contribution in [-0.2, 0) is 9.53 Å². The van der Waals surface area contributed by atoms with Crippen molar-refractivity contribution in [2.75, 3.05) is 37.7 Å². The summed E-state index contributed by atoms with van der Waals surface area (Å²) in [5.74, 6) is -0.298. The van der Waals surface area contributed by atoms with Crippen LogP contribution in [0.15, 0.2) is 30.3 Å². The molecule has 0 radical (unpaired) electrons. The predicted octanol–water partition coefficient (Wildman–Crippen LogP) is 1.67. The van der Waals surface area contributed by atoms with Gasteiger partial charge in [-0.25, -0.2) is 4.79 Å². The lowest BCUT2D eigenvalue weighted by Crippen LogP contribution is -2.43. The summed E-state index contributed by atoms with van der Waals surface area (Å²) in [5, 5.41) is 3.34. The lowest BCUT2D eigenvalue weighted by atomic mass is 10.1. The number of piperazine rings is 1. The first-order valence-electron chi connectivity index (χ1n) is 6.70. The number of nitrogens with one attached hydrogen (secondary N) is 1. The second-order valence-electron chi connectivity index (χ2n) is 4.41. The van der Waals surface area contributed by atoms with Crippen LogP contribution in [0.2, 0.25) is 0 Å². The van der Waals surface area contributed by atoms with Crippen molar-refractivity contribution < 1.29 is 9.53 Å². The molecule has 1 aromatic rings. The van der Waals surface area contributed by atoms with E-state index in [-0.39, 0.29) is 5.97 Å². The van der Waals surface area contributed by atoms with Crippen LogP contribution in [0.5, 0.6) is 0 Å². The summed E-state index contributed by atoms with van der Waals surface area (Å²) in [5.41, 5.74) is 2.24. The van der Waals surface area contributed by atoms with Gasteiger partial charge in [0.15, 0.2) is 0 Å². The van der Waals surface area contributed by atoms with Crippen LogP contribution in [-0.4, -0.2) is 38.8 Å². The Hall–Kier alpha value is -1.81. The Morgan fingerprint density at radius 2 is 2.00 bits per heavy atom. The predicted molar refractivity (Wildman–Crippen MR) is 77.2 cm³/mol. The molecule has 0 aliphatic carbocycles. The number of anilines is 1. The highest BCUT2D eigenvalue weighted by atomic mass is 16.5. The fourth-order valence-electron chi connectivity index (χ4n) is 2.07. The van der Waals surface area contributed by atoms with Crippen LogP contribution in [0.1, 0.15) is 12.5 Å². The lowest BCUT2D eigenvalue weighted by molar-refractivity contribution is -0.137. The Labute approximate surface area is 114 Å². The first-order chi connectivity index (χ1) is 9.29. The van der Waals surface area contributed by atoms with Crippen molar-refractivity contribution in [3.63, 3.8) is 0 Å². The molecule has 0 aromatic heterocycles. The van der Waals surface area contributed by atoms with Gasteiger partial charge in [0, 0.05) is 37.9 Å². The highest BCUT2D eigenvalue weighted by molar-refractivity contribution is 5.87. The average molecular weight is 260 g/mol. The number of hydrogen-bond acceptors (Lipinski definition) is 4. The van der Waals surface area contributed by atoms with Gasteiger partial charge in [0.25, 0.3) is 0 Å². The van der Waals surface area contributed by atoms with Gasteiger partial charge in [0.05, 0.1) is 6.61 Å². The fourth-order valence-corrected chi connectivity index (χ4v) is 2.07. The van der Waals surface area contributed by atoms with Gasteiger partial charge in [0.1, 0.15) is 0 Å². The largest absolute Gasteiger partial charge is 0.463 e. The van der Waals surface area contributed by atoms with E-state index in [2.05, 4.69) is 22.3 Å². The number of carbonyl (C=O) groups is 1. The minimum absolute atomic E-state index is 0.298. The minimum atomic E-state index is -0.298. The topological polar surface area (TPSA) is 41.6 Å². The molecule has 0 unspecified atom stereocenters. The molecule has 1 aliphatic rings. The van der Waals surface area contributed by atoms with Gasteiger partial charge < -0.3 is 15.0 Å². The molecule has 1 heterocycles. The van der Waals surface area contributed by atoms with E-state index in [1.54, 1.807) is 13.0 Å². The van der Waals surface area contributed by atoms with E-state index < -0.39 is 0 Å². The lowest BCUT2D eigenvalue weighted by Gasteiger charge is -2.29. The maximum absolute atomic E-state index is 11.2. The summed E-state index contributed by atoms with van der Waals surface area (Å²) >= 11 is 0.